The zero-order valence-corrected chi connectivity index (χ0v) is 14.7. The fourth-order valence-electron chi connectivity index (χ4n) is 1.62. The van der Waals surface area contributed by atoms with Gasteiger partial charge in [-0.1, -0.05) is 52.2 Å². The van der Waals surface area contributed by atoms with Gasteiger partial charge in [0.25, 0.3) is 0 Å². The van der Waals surface area contributed by atoms with Crippen molar-refractivity contribution >= 4 is 6.09 Å². The van der Waals surface area contributed by atoms with Crippen molar-refractivity contribution in [3.8, 4) is 0 Å². The number of ether oxygens (including phenoxy) is 1. The summed E-state index contributed by atoms with van der Waals surface area (Å²) in [4.78, 5) is 13.8. The molecule has 0 atom stereocenters. The van der Waals surface area contributed by atoms with Crippen LogP contribution in [0.2, 0.25) is 0 Å². The normalized spacial score (nSPS) is 10.3. The quantitative estimate of drug-likeness (QED) is 0.462. The minimum atomic E-state index is -0.437. The molecule has 1 amide bonds. The number of amides is 1. The van der Waals surface area contributed by atoms with Crippen molar-refractivity contribution in [3.63, 3.8) is 0 Å². The van der Waals surface area contributed by atoms with Crippen molar-refractivity contribution < 1.29 is 9.53 Å². The second-order valence-corrected chi connectivity index (χ2v) is 5.92. The van der Waals surface area contributed by atoms with Crippen LogP contribution in [0.25, 0.3) is 0 Å². The Labute approximate surface area is 126 Å². The van der Waals surface area contributed by atoms with Crippen LogP contribution in [0.4, 0.5) is 4.79 Å². The molecule has 3 heteroatoms. The van der Waals surface area contributed by atoms with Crippen LogP contribution in [-0.4, -0.2) is 29.7 Å². The monoisotopic (exact) mass is 285 g/mol. The molecule has 0 N–H and O–H groups in total. The van der Waals surface area contributed by atoms with E-state index in [1.54, 1.807) is 4.90 Å². The van der Waals surface area contributed by atoms with E-state index in [4.69, 9.17) is 4.74 Å². The lowest BCUT2D eigenvalue weighted by atomic mass is 10.2. The summed E-state index contributed by atoms with van der Waals surface area (Å²) in [5, 5.41) is 0. The van der Waals surface area contributed by atoms with Gasteiger partial charge in [0.2, 0.25) is 0 Å². The summed E-state index contributed by atoms with van der Waals surface area (Å²) < 4.78 is 5.40. The highest BCUT2D eigenvalue weighted by Gasteiger charge is 2.21. The van der Waals surface area contributed by atoms with E-state index < -0.39 is 5.60 Å². The molecule has 0 aromatic rings. The SMILES string of the molecule is C=C(C)CN(CCCCCC)C(=O)OC(C)(C)C.CC. The number of carbonyl (C=O) groups excluding carboxylic acids is 1. The van der Waals surface area contributed by atoms with Gasteiger partial charge in [-0.2, -0.15) is 0 Å². The third kappa shape index (κ3) is 13.4. The Morgan fingerprint density at radius 2 is 1.70 bits per heavy atom. The fourth-order valence-corrected chi connectivity index (χ4v) is 1.62. The molecule has 0 bridgehead atoms. The molecule has 0 saturated carbocycles. The van der Waals surface area contributed by atoms with Crippen LogP contribution in [0.5, 0.6) is 0 Å². The number of nitrogens with zero attached hydrogens (tertiary/aromatic N) is 1. The van der Waals surface area contributed by atoms with Crippen LogP contribution in [0.3, 0.4) is 0 Å². The first-order valence-corrected chi connectivity index (χ1v) is 7.88. The highest BCUT2D eigenvalue weighted by molar-refractivity contribution is 5.68. The molecule has 120 valence electrons. The molecular formula is C17H35NO2. The number of rotatable bonds is 7. The van der Waals surface area contributed by atoms with Crippen LogP contribution in [0.1, 0.15) is 74.1 Å². The standard InChI is InChI=1S/C15H29NO2.C2H6/c1-7-8-9-10-11-16(12-13(2)3)14(17)18-15(4,5)6;1-2/h2,7-12H2,1,3-6H3;1-2H3. The van der Waals surface area contributed by atoms with E-state index in [2.05, 4.69) is 13.5 Å². The molecule has 0 saturated heterocycles. The topological polar surface area (TPSA) is 29.5 Å². The lowest BCUT2D eigenvalue weighted by molar-refractivity contribution is 0.0264. The average Bonchev–Trinajstić information content (AvgIpc) is 2.33. The summed E-state index contributed by atoms with van der Waals surface area (Å²) in [6.45, 7) is 19.0. The van der Waals surface area contributed by atoms with Crippen LogP contribution in [-0.2, 0) is 4.74 Å². The number of carbonyl (C=O) groups is 1. The van der Waals surface area contributed by atoms with Gasteiger partial charge in [-0.15, -0.1) is 0 Å². The third-order valence-corrected chi connectivity index (χ3v) is 2.39. The average molecular weight is 285 g/mol. The molecule has 0 aliphatic carbocycles. The zero-order valence-electron chi connectivity index (χ0n) is 14.7. The van der Waals surface area contributed by atoms with Gasteiger partial charge in [0.05, 0.1) is 0 Å². The van der Waals surface area contributed by atoms with E-state index in [-0.39, 0.29) is 6.09 Å². The van der Waals surface area contributed by atoms with E-state index in [1.807, 2.05) is 41.5 Å². The van der Waals surface area contributed by atoms with Crippen LogP contribution in [0.15, 0.2) is 12.2 Å². The second kappa shape index (κ2) is 11.8. The van der Waals surface area contributed by atoms with Crippen molar-refractivity contribution in [1.82, 2.24) is 4.90 Å². The summed E-state index contributed by atoms with van der Waals surface area (Å²) in [7, 11) is 0. The van der Waals surface area contributed by atoms with Gasteiger partial charge < -0.3 is 9.64 Å². The third-order valence-electron chi connectivity index (χ3n) is 2.39. The Balaban J connectivity index is 0. The molecule has 20 heavy (non-hydrogen) atoms. The largest absolute Gasteiger partial charge is 0.444 e. The molecule has 0 spiro atoms. The van der Waals surface area contributed by atoms with Crippen molar-refractivity contribution in [2.45, 2.75) is 79.8 Å². The smallest absolute Gasteiger partial charge is 0.410 e. The summed E-state index contributed by atoms with van der Waals surface area (Å²) >= 11 is 0. The van der Waals surface area contributed by atoms with Gasteiger partial charge >= 0.3 is 6.09 Å². The highest BCUT2D eigenvalue weighted by atomic mass is 16.6. The first-order chi connectivity index (χ1) is 9.26. The molecule has 0 aliphatic rings. The minimum absolute atomic E-state index is 0.234. The summed E-state index contributed by atoms with van der Waals surface area (Å²) in [6.07, 6.45) is 4.37. The number of unbranched alkanes of at least 4 members (excludes halogenated alkanes) is 3. The van der Waals surface area contributed by atoms with Gasteiger partial charge in [0.1, 0.15) is 5.60 Å². The predicted octanol–water partition coefficient (Wildman–Crippen LogP) is 5.41. The van der Waals surface area contributed by atoms with Gasteiger partial charge in [0.15, 0.2) is 0 Å². The Morgan fingerprint density at radius 1 is 1.15 bits per heavy atom. The van der Waals surface area contributed by atoms with Crippen molar-refractivity contribution in [2.24, 2.45) is 0 Å². The number of hydrogen-bond donors (Lipinski definition) is 0. The maximum atomic E-state index is 12.0. The Morgan fingerprint density at radius 3 is 2.10 bits per heavy atom. The van der Waals surface area contributed by atoms with Crippen molar-refractivity contribution in [2.75, 3.05) is 13.1 Å². The van der Waals surface area contributed by atoms with E-state index in [1.165, 1.54) is 12.8 Å². The van der Waals surface area contributed by atoms with Crippen molar-refractivity contribution in [1.29, 1.82) is 0 Å². The first kappa shape index (κ1) is 21.3. The van der Waals surface area contributed by atoms with E-state index in [9.17, 15) is 4.79 Å². The molecular weight excluding hydrogens is 250 g/mol. The Kier molecular flexibility index (Phi) is 12.6. The van der Waals surface area contributed by atoms with E-state index in [0.717, 1.165) is 25.0 Å². The maximum Gasteiger partial charge on any atom is 0.410 e. The molecule has 0 unspecified atom stereocenters. The second-order valence-electron chi connectivity index (χ2n) is 5.92. The lowest BCUT2D eigenvalue weighted by Gasteiger charge is -2.27. The summed E-state index contributed by atoms with van der Waals surface area (Å²) in [5.74, 6) is 0. The zero-order chi connectivity index (χ0) is 16.2. The molecule has 0 aliphatic heterocycles. The molecule has 0 aromatic carbocycles. The molecule has 0 radical (unpaired) electrons. The fraction of sp³-hybridized carbons (Fsp3) is 0.824. The van der Waals surface area contributed by atoms with Crippen LogP contribution < -0.4 is 0 Å². The Hall–Kier alpha value is -0.990. The molecule has 0 fully saturated rings. The molecule has 0 aromatic heterocycles. The number of hydrogen-bond acceptors (Lipinski definition) is 2. The maximum absolute atomic E-state index is 12.0. The highest BCUT2D eigenvalue weighted by Crippen LogP contribution is 2.12. The Bertz CT molecular complexity index is 267. The van der Waals surface area contributed by atoms with E-state index in [0.29, 0.717) is 6.54 Å². The molecule has 3 nitrogen and oxygen atoms in total. The van der Waals surface area contributed by atoms with Gasteiger partial charge in [-0.05, 0) is 34.1 Å². The minimum Gasteiger partial charge on any atom is -0.444 e. The summed E-state index contributed by atoms with van der Waals surface area (Å²) in [5.41, 5.74) is 0.546. The van der Waals surface area contributed by atoms with Crippen LogP contribution >= 0.6 is 0 Å². The predicted molar refractivity (Wildman–Crippen MR) is 88.1 cm³/mol. The summed E-state index contributed by atoms with van der Waals surface area (Å²) in [6, 6.07) is 0. The lowest BCUT2D eigenvalue weighted by Crippen LogP contribution is -2.38. The first-order valence-electron chi connectivity index (χ1n) is 7.88. The molecule has 0 heterocycles. The van der Waals surface area contributed by atoms with Crippen LogP contribution in [0, 0.1) is 0 Å². The van der Waals surface area contributed by atoms with Gasteiger partial charge in [-0.25, -0.2) is 4.79 Å². The van der Waals surface area contributed by atoms with Gasteiger partial charge in [-0.3, -0.25) is 0 Å². The van der Waals surface area contributed by atoms with Gasteiger partial charge in [0, 0.05) is 13.1 Å². The van der Waals surface area contributed by atoms with Crippen molar-refractivity contribution in [3.05, 3.63) is 12.2 Å². The van der Waals surface area contributed by atoms with E-state index >= 15 is 0 Å². The molecule has 0 rings (SSSR count).